The van der Waals surface area contributed by atoms with Gasteiger partial charge < -0.3 is 5.32 Å². The van der Waals surface area contributed by atoms with Crippen molar-refractivity contribution in [2.24, 2.45) is 0 Å². The zero-order chi connectivity index (χ0) is 15.3. The van der Waals surface area contributed by atoms with Gasteiger partial charge in [0.15, 0.2) is 0 Å². The van der Waals surface area contributed by atoms with Crippen LogP contribution in [0, 0.1) is 0 Å². The van der Waals surface area contributed by atoms with Crippen LogP contribution >= 0.6 is 23.4 Å². The number of nitrogens with one attached hydrogen (secondary N) is 1. The zero-order valence-electron chi connectivity index (χ0n) is 12.8. The summed E-state index contributed by atoms with van der Waals surface area (Å²) in [5.41, 5.74) is 2.77. The molecule has 0 radical (unpaired) electrons. The molecular weight excluding hydrogens is 298 g/mol. The highest BCUT2D eigenvalue weighted by atomic mass is 35.5. The molecule has 0 aliphatic heterocycles. The fourth-order valence-electron chi connectivity index (χ4n) is 1.82. The van der Waals surface area contributed by atoms with Gasteiger partial charge in [-0.1, -0.05) is 35.9 Å². The molecule has 1 N–H and O–H groups in total. The summed E-state index contributed by atoms with van der Waals surface area (Å²) in [6.07, 6.45) is 0. The highest BCUT2D eigenvalue weighted by Crippen LogP contribution is 2.24. The summed E-state index contributed by atoms with van der Waals surface area (Å²) in [6.45, 7) is 7.46. The van der Waals surface area contributed by atoms with Crippen molar-refractivity contribution in [2.45, 2.75) is 43.5 Å². The van der Waals surface area contributed by atoms with Crippen molar-refractivity contribution >= 4 is 23.4 Å². The second kappa shape index (κ2) is 7.35. The summed E-state index contributed by atoms with van der Waals surface area (Å²) < 4.78 is 0. The highest BCUT2D eigenvalue weighted by molar-refractivity contribution is 7.98. The van der Waals surface area contributed by atoms with Crippen LogP contribution in [0.4, 0.5) is 0 Å². The fourth-order valence-corrected chi connectivity index (χ4v) is 2.80. The molecule has 0 saturated carbocycles. The molecule has 0 aliphatic carbocycles. The fraction of sp³-hybridized carbons (Fsp3) is 0.333. The monoisotopic (exact) mass is 319 g/mol. The second-order valence-electron chi connectivity index (χ2n) is 6.16. The number of benzene rings is 2. The van der Waals surface area contributed by atoms with Gasteiger partial charge >= 0.3 is 0 Å². The first-order valence-corrected chi connectivity index (χ1v) is 8.50. The molecule has 1 nitrogen and oxygen atoms in total. The van der Waals surface area contributed by atoms with Crippen LogP contribution in [0.2, 0.25) is 5.02 Å². The molecule has 0 atom stereocenters. The van der Waals surface area contributed by atoms with Crippen LogP contribution in [-0.4, -0.2) is 5.54 Å². The highest BCUT2D eigenvalue weighted by Gasteiger charge is 2.08. The van der Waals surface area contributed by atoms with Gasteiger partial charge in [0.2, 0.25) is 0 Å². The first-order valence-electron chi connectivity index (χ1n) is 7.14. The second-order valence-corrected chi connectivity index (χ2v) is 7.65. The number of halogens is 1. The lowest BCUT2D eigenvalue weighted by atomic mass is 10.1. The molecule has 0 unspecified atom stereocenters. The third-order valence-corrected chi connectivity index (χ3v) is 4.40. The quantitative estimate of drug-likeness (QED) is 0.728. The summed E-state index contributed by atoms with van der Waals surface area (Å²) in [5, 5.41) is 4.29. The molecule has 21 heavy (non-hydrogen) atoms. The summed E-state index contributed by atoms with van der Waals surface area (Å²) in [4.78, 5) is 1.30. The Morgan fingerprint density at radius 3 is 2.05 bits per heavy atom. The minimum absolute atomic E-state index is 0.155. The predicted octanol–water partition coefficient (Wildman–Crippen LogP) is 5.52. The Morgan fingerprint density at radius 1 is 0.905 bits per heavy atom. The first kappa shape index (κ1) is 16.4. The van der Waals surface area contributed by atoms with E-state index < -0.39 is 0 Å². The lowest BCUT2D eigenvalue weighted by Gasteiger charge is -2.20. The van der Waals surface area contributed by atoms with Gasteiger partial charge in [0.25, 0.3) is 0 Å². The normalized spacial score (nSPS) is 11.6. The van der Waals surface area contributed by atoms with E-state index >= 15 is 0 Å². The molecule has 0 bridgehead atoms. The molecule has 2 rings (SSSR count). The van der Waals surface area contributed by atoms with Crippen molar-refractivity contribution < 1.29 is 0 Å². The van der Waals surface area contributed by atoms with E-state index in [1.54, 1.807) is 0 Å². The Hall–Kier alpha value is -0.960. The Kier molecular flexibility index (Phi) is 5.74. The molecule has 0 heterocycles. The van der Waals surface area contributed by atoms with Gasteiger partial charge in [0.1, 0.15) is 0 Å². The first-order chi connectivity index (χ1) is 9.92. The Bertz CT molecular complexity index is 555. The Morgan fingerprint density at radius 2 is 1.48 bits per heavy atom. The molecule has 0 spiro atoms. The summed E-state index contributed by atoms with van der Waals surface area (Å²) in [5.74, 6) is 0.969. The average molecular weight is 320 g/mol. The molecule has 2 aromatic carbocycles. The number of hydrogen-bond acceptors (Lipinski definition) is 2. The molecule has 2 aromatic rings. The molecule has 3 heteroatoms. The topological polar surface area (TPSA) is 12.0 Å². The van der Waals surface area contributed by atoms with E-state index in [9.17, 15) is 0 Å². The third kappa shape index (κ3) is 6.13. The van der Waals surface area contributed by atoms with E-state index in [2.05, 4.69) is 62.5 Å². The minimum atomic E-state index is 0.155. The van der Waals surface area contributed by atoms with Crippen molar-refractivity contribution in [2.75, 3.05) is 0 Å². The van der Waals surface area contributed by atoms with E-state index in [0.717, 1.165) is 17.3 Å². The van der Waals surface area contributed by atoms with Crippen LogP contribution in [0.3, 0.4) is 0 Å². The van der Waals surface area contributed by atoms with Crippen LogP contribution in [0.25, 0.3) is 0 Å². The average Bonchev–Trinajstić information content (AvgIpc) is 2.45. The van der Waals surface area contributed by atoms with E-state index in [0.29, 0.717) is 0 Å². The molecule has 0 saturated heterocycles. The lowest BCUT2D eigenvalue weighted by Crippen LogP contribution is -2.35. The van der Waals surface area contributed by atoms with Gasteiger partial charge in [-0.15, -0.1) is 11.8 Å². The maximum Gasteiger partial charge on any atom is 0.0406 e. The van der Waals surface area contributed by atoms with Gasteiger partial charge in [-0.3, -0.25) is 0 Å². The van der Waals surface area contributed by atoms with E-state index in [-0.39, 0.29) is 5.54 Å². The standard InChI is InChI=1S/C18H22ClNS/c1-18(2,3)20-12-14-6-10-17(11-7-14)21-13-15-4-8-16(19)9-5-15/h4-11,20H,12-13H2,1-3H3. The van der Waals surface area contributed by atoms with Crippen LogP contribution in [0.1, 0.15) is 31.9 Å². The smallest absolute Gasteiger partial charge is 0.0406 e. The van der Waals surface area contributed by atoms with Crippen LogP contribution in [0.5, 0.6) is 0 Å². The predicted molar refractivity (Wildman–Crippen MR) is 94.0 cm³/mol. The van der Waals surface area contributed by atoms with Gasteiger partial charge in [0, 0.05) is 27.8 Å². The third-order valence-electron chi connectivity index (χ3n) is 3.06. The van der Waals surface area contributed by atoms with Gasteiger partial charge in [-0.05, 0) is 56.2 Å². The van der Waals surface area contributed by atoms with Crippen molar-refractivity contribution in [3.05, 3.63) is 64.7 Å². The SMILES string of the molecule is CC(C)(C)NCc1ccc(SCc2ccc(Cl)cc2)cc1. The summed E-state index contributed by atoms with van der Waals surface area (Å²) in [6, 6.07) is 16.8. The van der Waals surface area contributed by atoms with Gasteiger partial charge in [-0.25, -0.2) is 0 Å². The van der Waals surface area contributed by atoms with Crippen molar-refractivity contribution in [1.29, 1.82) is 0 Å². The molecule has 0 aromatic heterocycles. The van der Waals surface area contributed by atoms with Crippen molar-refractivity contribution in [3.8, 4) is 0 Å². The maximum absolute atomic E-state index is 5.90. The van der Waals surface area contributed by atoms with Gasteiger partial charge in [-0.2, -0.15) is 0 Å². The minimum Gasteiger partial charge on any atom is -0.308 e. The van der Waals surface area contributed by atoms with Crippen LogP contribution < -0.4 is 5.32 Å². The maximum atomic E-state index is 5.90. The zero-order valence-corrected chi connectivity index (χ0v) is 14.4. The Balaban J connectivity index is 1.86. The van der Waals surface area contributed by atoms with E-state index in [4.69, 9.17) is 11.6 Å². The van der Waals surface area contributed by atoms with Crippen LogP contribution in [0.15, 0.2) is 53.4 Å². The van der Waals surface area contributed by atoms with Crippen molar-refractivity contribution in [1.82, 2.24) is 5.32 Å². The van der Waals surface area contributed by atoms with Crippen molar-refractivity contribution in [3.63, 3.8) is 0 Å². The Labute approximate surface area is 137 Å². The molecular formula is C18H22ClNS. The molecule has 112 valence electrons. The van der Waals surface area contributed by atoms with Crippen LogP contribution in [-0.2, 0) is 12.3 Å². The number of thioether (sulfide) groups is 1. The summed E-state index contributed by atoms with van der Waals surface area (Å²) in [7, 11) is 0. The number of rotatable bonds is 5. The van der Waals surface area contributed by atoms with E-state index in [1.165, 1.54) is 16.0 Å². The largest absolute Gasteiger partial charge is 0.308 e. The lowest BCUT2D eigenvalue weighted by molar-refractivity contribution is 0.424. The molecule has 0 fully saturated rings. The molecule has 0 amide bonds. The van der Waals surface area contributed by atoms with Gasteiger partial charge in [0.05, 0.1) is 0 Å². The number of hydrogen-bond donors (Lipinski definition) is 1. The summed E-state index contributed by atoms with van der Waals surface area (Å²) >= 11 is 7.74. The molecule has 0 aliphatic rings. The van der Waals surface area contributed by atoms with E-state index in [1.807, 2.05) is 23.9 Å².